The quantitative estimate of drug-likeness (QED) is 0.899. The Bertz CT molecular complexity index is 519. The van der Waals surface area contributed by atoms with Crippen molar-refractivity contribution in [3.05, 3.63) is 47.9 Å². The molecule has 18 heavy (non-hydrogen) atoms. The Kier molecular flexibility index (Phi) is 2.94. The van der Waals surface area contributed by atoms with E-state index in [1.807, 2.05) is 30.3 Å². The first-order valence-electron chi connectivity index (χ1n) is 5.89. The van der Waals surface area contributed by atoms with Crippen molar-refractivity contribution in [3.63, 3.8) is 0 Å². The zero-order valence-electron chi connectivity index (χ0n) is 9.83. The van der Waals surface area contributed by atoms with Crippen LogP contribution in [0.15, 0.2) is 41.0 Å². The van der Waals surface area contributed by atoms with E-state index in [2.05, 4.69) is 0 Å². The van der Waals surface area contributed by atoms with Crippen molar-refractivity contribution in [1.29, 1.82) is 0 Å². The summed E-state index contributed by atoms with van der Waals surface area (Å²) in [5, 5.41) is 9.51. The Labute approximate surface area is 105 Å². The minimum Gasteiger partial charge on any atom is -0.469 e. The average molecular weight is 246 g/mol. The SMILES string of the molecule is OCC(Cc1ccco1)c1ccc2c(c1)OCO2. The van der Waals surface area contributed by atoms with Gasteiger partial charge in [0.2, 0.25) is 6.79 Å². The Morgan fingerprint density at radius 2 is 2.06 bits per heavy atom. The molecule has 1 aliphatic rings. The van der Waals surface area contributed by atoms with Crippen molar-refractivity contribution in [2.45, 2.75) is 12.3 Å². The minimum absolute atomic E-state index is 0.00523. The Morgan fingerprint density at radius 1 is 1.17 bits per heavy atom. The fourth-order valence-corrected chi connectivity index (χ4v) is 2.13. The molecule has 1 aliphatic heterocycles. The normalized spacial score (nSPS) is 14.7. The molecule has 1 unspecified atom stereocenters. The lowest BCUT2D eigenvalue weighted by Crippen LogP contribution is -2.07. The summed E-state index contributed by atoms with van der Waals surface area (Å²) in [6.07, 6.45) is 2.31. The van der Waals surface area contributed by atoms with Crippen molar-refractivity contribution >= 4 is 0 Å². The van der Waals surface area contributed by atoms with E-state index in [0.29, 0.717) is 6.42 Å². The van der Waals surface area contributed by atoms with Gasteiger partial charge in [0, 0.05) is 12.3 Å². The number of benzene rings is 1. The van der Waals surface area contributed by atoms with Crippen LogP contribution in [0, 0.1) is 0 Å². The second kappa shape index (κ2) is 4.74. The molecule has 3 rings (SSSR count). The van der Waals surface area contributed by atoms with Gasteiger partial charge in [-0.1, -0.05) is 6.07 Å². The van der Waals surface area contributed by atoms with Gasteiger partial charge in [0.05, 0.1) is 12.9 Å². The van der Waals surface area contributed by atoms with Gasteiger partial charge in [-0.25, -0.2) is 0 Å². The third kappa shape index (κ3) is 2.07. The molecule has 0 bridgehead atoms. The minimum atomic E-state index is 0.00523. The van der Waals surface area contributed by atoms with Crippen LogP contribution in [0.3, 0.4) is 0 Å². The van der Waals surface area contributed by atoms with Crippen molar-refractivity contribution in [2.75, 3.05) is 13.4 Å². The van der Waals surface area contributed by atoms with Gasteiger partial charge in [0.25, 0.3) is 0 Å². The summed E-state index contributed by atoms with van der Waals surface area (Å²) in [7, 11) is 0. The maximum Gasteiger partial charge on any atom is 0.231 e. The number of aliphatic hydroxyl groups excluding tert-OH is 1. The zero-order valence-corrected chi connectivity index (χ0v) is 9.83. The lowest BCUT2D eigenvalue weighted by atomic mass is 9.95. The molecule has 1 aromatic heterocycles. The Balaban J connectivity index is 1.83. The standard InChI is InChI=1S/C14H14O4/c15-8-11(6-12-2-1-5-16-12)10-3-4-13-14(7-10)18-9-17-13/h1-5,7,11,15H,6,8-9H2. The molecule has 1 N–H and O–H groups in total. The van der Waals surface area contributed by atoms with Gasteiger partial charge in [-0.15, -0.1) is 0 Å². The van der Waals surface area contributed by atoms with E-state index < -0.39 is 0 Å². The molecule has 2 heterocycles. The number of hydrogen-bond acceptors (Lipinski definition) is 4. The van der Waals surface area contributed by atoms with Gasteiger partial charge in [-0.2, -0.15) is 0 Å². The number of aliphatic hydroxyl groups is 1. The van der Waals surface area contributed by atoms with E-state index in [0.717, 1.165) is 22.8 Å². The Hall–Kier alpha value is -1.94. The molecule has 94 valence electrons. The smallest absolute Gasteiger partial charge is 0.231 e. The fourth-order valence-electron chi connectivity index (χ4n) is 2.13. The zero-order chi connectivity index (χ0) is 12.4. The maximum atomic E-state index is 9.51. The third-order valence-corrected chi connectivity index (χ3v) is 3.12. The molecular formula is C14H14O4. The molecule has 2 aromatic rings. The fraction of sp³-hybridized carbons (Fsp3) is 0.286. The second-order valence-corrected chi connectivity index (χ2v) is 4.28. The predicted molar refractivity (Wildman–Crippen MR) is 64.8 cm³/mol. The predicted octanol–water partition coefficient (Wildman–Crippen LogP) is 2.33. The highest BCUT2D eigenvalue weighted by molar-refractivity contribution is 5.45. The van der Waals surface area contributed by atoms with Crippen LogP contribution in [0.1, 0.15) is 17.2 Å². The van der Waals surface area contributed by atoms with E-state index in [1.165, 1.54) is 0 Å². The van der Waals surface area contributed by atoms with Gasteiger partial charge < -0.3 is 19.0 Å². The lowest BCUT2D eigenvalue weighted by molar-refractivity contribution is 0.174. The molecular weight excluding hydrogens is 232 g/mol. The molecule has 0 spiro atoms. The van der Waals surface area contributed by atoms with E-state index in [1.54, 1.807) is 6.26 Å². The molecule has 0 aliphatic carbocycles. The molecule has 1 atom stereocenters. The van der Waals surface area contributed by atoms with Crippen LogP contribution >= 0.6 is 0 Å². The highest BCUT2D eigenvalue weighted by atomic mass is 16.7. The summed E-state index contributed by atoms with van der Waals surface area (Å²) in [6.45, 7) is 0.334. The second-order valence-electron chi connectivity index (χ2n) is 4.28. The molecule has 1 aromatic carbocycles. The molecule has 0 fully saturated rings. The first-order chi connectivity index (χ1) is 8.86. The monoisotopic (exact) mass is 246 g/mol. The van der Waals surface area contributed by atoms with Crippen LogP contribution in [-0.4, -0.2) is 18.5 Å². The van der Waals surface area contributed by atoms with Crippen LogP contribution in [0.25, 0.3) is 0 Å². The highest BCUT2D eigenvalue weighted by Gasteiger charge is 2.18. The van der Waals surface area contributed by atoms with E-state index >= 15 is 0 Å². The van der Waals surface area contributed by atoms with Gasteiger partial charge in [-0.05, 0) is 29.8 Å². The molecule has 4 heteroatoms. The van der Waals surface area contributed by atoms with E-state index in [9.17, 15) is 5.11 Å². The summed E-state index contributed by atoms with van der Waals surface area (Å²) >= 11 is 0. The molecule has 4 nitrogen and oxygen atoms in total. The molecule has 0 saturated carbocycles. The lowest BCUT2D eigenvalue weighted by Gasteiger charge is -2.13. The van der Waals surface area contributed by atoms with Crippen molar-refractivity contribution in [2.24, 2.45) is 0 Å². The van der Waals surface area contributed by atoms with E-state index in [4.69, 9.17) is 13.9 Å². The highest BCUT2D eigenvalue weighted by Crippen LogP contribution is 2.35. The molecule has 0 saturated heterocycles. The summed E-state index contributed by atoms with van der Waals surface area (Å²) in [5.74, 6) is 2.37. The number of hydrogen-bond donors (Lipinski definition) is 1. The van der Waals surface area contributed by atoms with Crippen LogP contribution in [0.2, 0.25) is 0 Å². The van der Waals surface area contributed by atoms with Crippen molar-refractivity contribution < 1.29 is 19.0 Å². The van der Waals surface area contributed by atoms with Crippen LogP contribution in [-0.2, 0) is 6.42 Å². The first kappa shape index (κ1) is 11.2. The number of rotatable bonds is 4. The maximum absolute atomic E-state index is 9.51. The van der Waals surface area contributed by atoms with Gasteiger partial charge in [0.15, 0.2) is 11.5 Å². The number of furan rings is 1. The molecule has 0 amide bonds. The summed E-state index contributed by atoms with van der Waals surface area (Å²) in [4.78, 5) is 0. The summed E-state index contributed by atoms with van der Waals surface area (Å²) < 4.78 is 15.9. The average Bonchev–Trinajstić information content (AvgIpc) is 3.06. The van der Waals surface area contributed by atoms with Crippen molar-refractivity contribution in [1.82, 2.24) is 0 Å². The van der Waals surface area contributed by atoms with Gasteiger partial charge >= 0.3 is 0 Å². The number of ether oxygens (including phenoxy) is 2. The van der Waals surface area contributed by atoms with Crippen LogP contribution < -0.4 is 9.47 Å². The van der Waals surface area contributed by atoms with Gasteiger partial charge in [0.1, 0.15) is 5.76 Å². The summed E-state index contributed by atoms with van der Waals surface area (Å²) in [5.41, 5.74) is 1.03. The first-order valence-corrected chi connectivity index (χ1v) is 5.89. The summed E-state index contributed by atoms with van der Waals surface area (Å²) in [6, 6.07) is 9.52. The van der Waals surface area contributed by atoms with Gasteiger partial charge in [-0.3, -0.25) is 0 Å². The van der Waals surface area contributed by atoms with E-state index in [-0.39, 0.29) is 19.3 Å². The largest absolute Gasteiger partial charge is 0.469 e. The third-order valence-electron chi connectivity index (χ3n) is 3.12. The number of fused-ring (bicyclic) bond motifs is 1. The van der Waals surface area contributed by atoms with Crippen molar-refractivity contribution in [3.8, 4) is 11.5 Å². The van der Waals surface area contributed by atoms with Crippen LogP contribution in [0.5, 0.6) is 11.5 Å². The Morgan fingerprint density at radius 3 is 2.83 bits per heavy atom. The molecule has 0 radical (unpaired) electrons. The topological polar surface area (TPSA) is 51.8 Å². The van der Waals surface area contributed by atoms with Crippen LogP contribution in [0.4, 0.5) is 0 Å².